The van der Waals surface area contributed by atoms with E-state index in [0.717, 1.165) is 24.6 Å². The highest BCUT2D eigenvalue weighted by molar-refractivity contribution is 5.40. The zero-order valence-corrected chi connectivity index (χ0v) is 10.3. The van der Waals surface area contributed by atoms with Crippen molar-refractivity contribution in [2.24, 2.45) is 7.05 Å². The summed E-state index contributed by atoms with van der Waals surface area (Å²) < 4.78 is 2.04. The van der Waals surface area contributed by atoms with Crippen LogP contribution in [0.2, 0.25) is 0 Å². The van der Waals surface area contributed by atoms with Gasteiger partial charge in [-0.15, -0.1) is 0 Å². The highest BCUT2D eigenvalue weighted by Gasteiger charge is 2.05. The lowest BCUT2D eigenvalue weighted by Crippen LogP contribution is -2.19. The second-order valence-corrected chi connectivity index (χ2v) is 4.37. The third kappa shape index (κ3) is 3.07. The van der Waals surface area contributed by atoms with Crippen LogP contribution >= 0.6 is 0 Å². The Bertz CT molecular complexity index is 490. The van der Waals surface area contributed by atoms with Crippen molar-refractivity contribution in [3.63, 3.8) is 0 Å². The highest BCUT2D eigenvalue weighted by atomic mass is 15.1. The molecule has 4 heteroatoms. The number of benzene rings is 1. The minimum absolute atomic E-state index is 0.813. The fourth-order valence-corrected chi connectivity index (χ4v) is 1.85. The lowest BCUT2D eigenvalue weighted by molar-refractivity contribution is 0.307. The van der Waals surface area contributed by atoms with E-state index in [1.165, 1.54) is 5.56 Å². The Kier molecular flexibility index (Phi) is 3.44. The van der Waals surface area contributed by atoms with Crippen molar-refractivity contribution in [3.8, 4) is 0 Å². The molecule has 2 aromatic rings. The van der Waals surface area contributed by atoms with Crippen LogP contribution in [0.5, 0.6) is 0 Å². The zero-order chi connectivity index (χ0) is 12.3. The predicted molar refractivity (Wildman–Crippen MR) is 69.2 cm³/mol. The number of hydrogen-bond donors (Lipinski definition) is 1. The number of nitrogens with zero attached hydrogens (tertiary/aromatic N) is 3. The van der Waals surface area contributed by atoms with Crippen LogP contribution in [0.1, 0.15) is 11.4 Å². The van der Waals surface area contributed by atoms with Crippen molar-refractivity contribution in [2.45, 2.75) is 13.1 Å². The van der Waals surface area contributed by atoms with Gasteiger partial charge in [-0.3, -0.25) is 4.90 Å². The molecule has 90 valence electrons. The van der Waals surface area contributed by atoms with Gasteiger partial charge in [-0.1, -0.05) is 12.1 Å². The lowest BCUT2D eigenvalue weighted by atomic mass is 10.2. The number of aryl methyl sites for hydroxylation is 1. The fourth-order valence-electron chi connectivity index (χ4n) is 1.85. The first kappa shape index (κ1) is 11.7. The van der Waals surface area contributed by atoms with Gasteiger partial charge in [0.1, 0.15) is 5.82 Å². The zero-order valence-electron chi connectivity index (χ0n) is 10.3. The van der Waals surface area contributed by atoms with Crippen LogP contribution in [-0.2, 0) is 20.1 Å². The molecule has 1 heterocycles. The fraction of sp³-hybridized carbons (Fsp3) is 0.308. The van der Waals surface area contributed by atoms with Gasteiger partial charge in [-0.05, 0) is 24.7 Å². The molecule has 0 saturated carbocycles. The summed E-state index contributed by atoms with van der Waals surface area (Å²) in [5.74, 6) is 1.07. The number of imidazole rings is 1. The van der Waals surface area contributed by atoms with Gasteiger partial charge in [0.25, 0.3) is 0 Å². The Hall–Kier alpha value is -1.81. The first-order valence-electron chi connectivity index (χ1n) is 5.64. The molecule has 0 fully saturated rings. The summed E-state index contributed by atoms with van der Waals surface area (Å²) in [5.41, 5.74) is 7.80. The molecule has 17 heavy (non-hydrogen) atoms. The first-order chi connectivity index (χ1) is 8.15. The Balaban J connectivity index is 1.98. The van der Waals surface area contributed by atoms with Crippen molar-refractivity contribution >= 4 is 5.69 Å². The molecular weight excluding hydrogens is 212 g/mol. The van der Waals surface area contributed by atoms with Gasteiger partial charge < -0.3 is 10.3 Å². The summed E-state index contributed by atoms with van der Waals surface area (Å²) in [6.45, 7) is 1.70. The monoisotopic (exact) mass is 230 g/mol. The largest absolute Gasteiger partial charge is 0.399 e. The molecule has 0 spiro atoms. The topological polar surface area (TPSA) is 47.1 Å². The third-order valence-electron chi connectivity index (χ3n) is 2.74. The van der Waals surface area contributed by atoms with Crippen LogP contribution in [0, 0.1) is 0 Å². The van der Waals surface area contributed by atoms with Crippen molar-refractivity contribution in [2.75, 3.05) is 12.8 Å². The maximum atomic E-state index is 5.76. The standard InChI is InChI=1S/C13H18N4/c1-16(10-13-15-6-7-17(13)2)9-11-4-3-5-12(14)8-11/h3-8H,9-10,14H2,1-2H3. The molecule has 0 unspecified atom stereocenters. The second kappa shape index (κ2) is 5.01. The van der Waals surface area contributed by atoms with Crippen LogP contribution < -0.4 is 5.73 Å². The molecular formula is C13H18N4. The van der Waals surface area contributed by atoms with E-state index >= 15 is 0 Å². The summed E-state index contributed by atoms with van der Waals surface area (Å²) in [4.78, 5) is 6.53. The number of anilines is 1. The molecule has 2 N–H and O–H groups in total. The summed E-state index contributed by atoms with van der Waals surface area (Å²) >= 11 is 0. The molecule has 0 radical (unpaired) electrons. The van der Waals surface area contributed by atoms with Gasteiger partial charge in [0.15, 0.2) is 0 Å². The Labute approximate surface area is 102 Å². The van der Waals surface area contributed by atoms with Crippen LogP contribution in [0.4, 0.5) is 5.69 Å². The number of nitrogen functional groups attached to an aromatic ring is 1. The molecule has 0 aliphatic rings. The van der Waals surface area contributed by atoms with E-state index < -0.39 is 0 Å². The van der Waals surface area contributed by atoms with Crippen LogP contribution in [0.25, 0.3) is 0 Å². The molecule has 0 amide bonds. The molecule has 4 nitrogen and oxygen atoms in total. The van der Waals surface area contributed by atoms with Gasteiger partial charge in [0, 0.05) is 31.7 Å². The van der Waals surface area contributed by atoms with Crippen LogP contribution in [-0.4, -0.2) is 21.5 Å². The van der Waals surface area contributed by atoms with Crippen molar-refractivity contribution in [1.29, 1.82) is 0 Å². The maximum Gasteiger partial charge on any atom is 0.122 e. The van der Waals surface area contributed by atoms with E-state index in [1.807, 2.05) is 42.2 Å². The lowest BCUT2D eigenvalue weighted by Gasteiger charge is -2.16. The molecule has 0 bridgehead atoms. The Morgan fingerprint density at radius 3 is 2.82 bits per heavy atom. The van der Waals surface area contributed by atoms with E-state index in [1.54, 1.807) is 0 Å². The van der Waals surface area contributed by atoms with Gasteiger partial charge in [-0.2, -0.15) is 0 Å². The third-order valence-corrected chi connectivity index (χ3v) is 2.74. The van der Waals surface area contributed by atoms with Gasteiger partial charge in [0.2, 0.25) is 0 Å². The first-order valence-corrected chi connectivity index (χ1v) is 5.64. The van der Waals surface area contributed by atoms with E-state index in [9.17, 15) is 0 Å². The van der Waals surface area contributed by atoms with E-state index in [4.69, 9.17) is 5.73 Å². The van der Waals surface area contributed by atoms with E-state index in [2.05, 4.69) is 23.0 Å². The van der Waals surface area contributed by atoms with Gasteiger partial charge in [0.05, 0.1) is 6.54 Å². The SMILES string of the molecule is CN(Cc1cccc(N)c1)Cc1nccn1C. The summed E-state index contributed by atoms with van der Waals surface area (Å²) in [6.07, 6.45) is 3.79. The van der Waals surface area contributed by atoms with Gasteiger partial charge in [-0.25, -0.2) is 4.98 Å². The van der Waals surface area contributed by atoms with Crippen LogP contribution in [0.3, 0.4) is 0 Å². The number of nitrogens with two attached hydrogens (primary N) is 1. The number of rotatable bonds is 4. The number of aromatic nitrogens is 2. The van der Waals surface area contributed by atoms with Gasteiger partial charge >= 0.3 is 0 Å². The minimum Gasteiger partial charge on any atom is -0.399 e. The summed E-state index contributed by atoms with van der Waals surface area (Å²) in [5, 5.41) is 0. The normalized spacial score (nSPS) is 11.0. The van der Waals surface area contributed by atoms with Crippen LogP contribution in [0.15, 0.2) is 36.7 Å². The molecule has 1 aromatic heterocycles. The van der Waals surface area contributed by atoms with Crippen molar-refractivity contribution in [1.82, 2.24) is 14.5 Å². The van der Waals surface area contributed by atoms with E-state index in [0.29, 0.717) is 0 Å². The number of hydrogen-bond acceptors (Lipinski definition) is 3. The Morgan fingerprint density at radius 1 is 1.35 bits per heavy atom. The Morgan fingerprint density at radius 2 is 2.18 bits per heavy atom. The molecule has 0 aliphatic carbocycles. The molecule has 0 atom stereocenters. The molecule has 0 aliphatic heterocycles. The highest BCUT2D eigenvalue weighted by Crippen LogP contribution is 2.10. The quantitative estimate of drug-likeness (QED) is 0.812. The van der Waals surface area contributed by atoms with Crippen molar-refractivity contribution in [3.05, 3.63) is 48.0 Å². The summed E-state index contributed by atoms with van der Waals surface area (Å²) in [7, 11) is 4.09. The predicted octanol–water partition coefficient (Wildman–Crippen LogP) is 1.63. The minimum atomic E-state index is 0.813. The van der Waals surface area contributed by atoms with E-state index in [-0.39, 0.29) is 0 Å². The van der Waals surface area contributed by atoms with Crippen molar-refractivity contribution < 1.29 is 0 Å². The smallest absolute Gasteiger partial charge is 0.122 e. The maximum absolute atomic E-state index is 5.76. The average molecular weight is 230 g/mol. The second-order valence-electron chi connectivity index (χ2n) is 4.37. The molecule has 0 saturated heterocycles. The molecule has 2 rings (SSSR count). The average Bonchev–Trinajstić information content (AvgIpc) is 2.64. The summed E-state index contributed by atoms with van der Waals surface area (Å²) in [6, 6.07) is 7.99. The molecule has 1 aromatic carbocycles.